The zero-order valence-electron chi connectivity index (χ0n) is 12.2. The van der Waals surface area contributed by atoms with Crippen LogP contribution in [0, 0.1) is 0 Å². The topological polar surface area (TPSA) is 104 Å². The van der Waals surface area contributed by atoms with E-state index in [1.807, 2.05) is 25.1 Å². The molecule has 0 saturated heterocycles. The minimum absolute atomic E-state index is 0.141. The predicted octanol–water partition coefficient (Wildman–Crippen LogP) is 1.66. The van der Waals surface area contributed by atoms with Gasteiger partial charge in [0.05, 0.1) is 5.52 Å². The van der Waals surface area contributed by atoms with Gasteiger partial charge in [-0.15, -0.1) is 0 Å². The minimum Gasteiger partial charge on any atom is -0.408 e. The molecule has 0 aliphatic heterocycles. The summed E-state index contributed by atoms with van der Waals surface area (Å²) >= 11 is 0. The molecule has 1 heterocycles. The molecule has 1 aromatic carbocycles. The zero-order valence-corrected chi connectivity index (χ0v) is 12.2. The summed E-state index contributed by atoms with van der Waals surface area (Å²) in [6.45, 7) is 2.47. The first kappa shape index (κ1) is 15.3. The maximum Gasteiger partial charge on any atom is 0.419 e. The van der Waals surface area contributed by atoms with Crippen molar-refractivity contribution in [3.05, 3.63) is 34.3 Å². The number of aromatic nitrogens is 1. The van der Waals surface area contributed by atoms with Crippen LogP contribution in [0.1, 0.15) is 44.2 Å². The summed E-state index contributed by atoms with van der Waals surface area (Å²) in [6, 6.07) is 5.46. The molecule has 6 nitrogen and oxygen atoms in total. The number of carbonyl (C=O) groups is 1. The van der Waals surface area contributed by atoms with Crippen LogP contribution in [0.15, 0.2) is 27.4 Å². The molecule has 0 aliphatic carbocycles. The normalized spacial score (nSPS) is 12.7. The molecule has 1 amide bonds. The molecule has 21 heavy (non-hydrogen) atoms. The second kappa shape index (κ2) is 6.58. The number of unbranched alkanes of at least 4 members (excludes halogenated alkanes) is 1. The molecular formula is C15H21N3O3. The van der Waals surface area contributed by atoms with Crippen molar-refractivity contribution in [3.63, 3.8) is 0 Å². The molecule has 4 N–H and O–H groups in total. The number of benzene rings is 1. The third kappa shape index (κ3) is 3.52. The average molecular weight is 291 g/mol. The van der Waals surface area contributed by atoms with Crippen molar-refractivity contribution >= 4 is 17.0 Å². The summed E-state index contributed by atoms with van der Waals surface area (Å²) in [7, 11) is 0. The van der Waals surface area contributed by atoms with Gasteiger partial charge in [0.15, 0.2) is 5.58 Å². The second-order valence-corrected chi connectivity index (χ2v) is 5.16. The number of aryl methyl sites for hydroxylation is 1. The van der Waals surface area contributed by atoms with Gasteiger partial charge in [-0.2, -0.15) is 0 Å². The van der Waals surface area contributed by atoms with Crippen LogP contribution in [0.4, 0.5) is 0 Å². The quantitative estimate of drug-likeness (QED) is 0.757. The number of nitrogens with two attached hydrogens (primary N) is 2. The Labute approximate surface area is 122 Å². The fraction of sp³-hybridized carbons (Fsp3) is 0.467. The van der Waals surface area contributed by atoms with Crippen molar-refractivity contribution in [1.29, 1.82) is 0 Å². The lowest BCUT2D eigenvalue weighted by molar-refractivity contribution is -0.118. The monoisotopic (exact) mass is 291 g/mol. The first-order valence-electron chi connectivity index (χ1n) is 7.20. The van der Waals surface area contributed by atoms with E-state index in [9.17, 15) is 9.59 Å². The fourth-order valence-corrected chi connectivity index (χ4v) is 2.44. The summed E-state index contributed by atoms with van der Waals surface area (Å²) < 4.78 is 6.81. The highest BCUT2D eigenvalue weighted by Crippen LogP contribution is 2.22. The van der Waals surface area contributed by atoms with E-state index in [0.29, 0.717) is 18.5 Å². The number of fused-ring (bicyclic) bond motifs is 1. The maximum absolute atomic E-state index is 11.6. The molecule has 2 rings (SSSR count). The molecule has 2 aromatic rings. The van der Waals surface area contributed by atoms with Gasteiger partial charge in [-0.05, 0) is 37.5 Å². The smallest absolute Gasteiger partial charge is 0.408 e. The first-order valence-corrected chi connectivity index (χ1v) is 7.20. The number of hydrogen-bond acceptors (Lipinski definition) is 4. The van der Waals surface area contributed by atoms with Crippen molar-refractivity contribution in [2.45, 2.75) is 45.2 Å². The summed E-state index contributed by atoms with van der Waals surface area (Å²) in [5, 5.41) is 0. The highest BCUT2D eigenvalue weighted by Gasteiger charge is 2.12. The van der Waals surface area contributed by atoms with Crippen LogP contribution >= 0.6 is 0 Å². The molecule has 0 radical (unpaired) electrons. The molecule has 0 aliphatic rings. The van der Waals surface area contributed by atoms with Crippen molar-refractivity contribution in [3.8, 4) is 0 Å². The molecule has 0 spiro atoms. The Bertz CT molecular complexity index is 687. The van der Waals surface area contributed by atoms with E-state index < -0.39 is 0 Å². The number of carbonyl (C=O) groups excluding carboxylic acids is 1. The third-order valence-corrected chi connectivity index (χ3v) is 3.62. The molecule has 0 saturated carbocycles. The highest BCUT2D eigenvalue weighted by molar-refractivity contribution is 5.74. The lowest BCUT2D eigenvalue weighted by Crippen LogP contribution is -2.12. The third-order valence-electron chi connectivity index (χ3n) is 3.62. The lowest BCUT2D eigenvalue weighted by atomic mass is 10.0. The predicted molar refractivity (Wildman–Crippen MR) is 80.7 cm³/mol. The van der Waals surface area contributed by atoms with E-state index in [1.54, 1.807) is 4.57 Å². The van der Waals surface area contributed by atoms with Gasteiger partial charge in [-0.1, -0.05) is 12.5 Å². The van der Waals surface area contributed by atoms with Crippen LogP contribution in [0.25, 0.3) is 11.1 Å². The zero-order chi connectivity index (χ0) is 15.4. The molecular weight excluding hydrogens is 270 g/mol. The number of hydrogen-bond donors (Lipinski definition) is 2. The van der Waals surface area contributed by atoms with E-state index in [1.165, 1.54) is 0 Å². The SMILES string of the molecule is CCn1c(=O)oc2cc(C(N)CCCCC(N)=O)ccc21. The largest absolute Gasteiger partial charge is 0.419 e. The van der Waals surface area contributed by atoms with Crippen LogP contribution < -0.4 is 17.2 Å². The van der Waals surface area contributed by atoms with Gasteiger partial charge in [0.25, 0.3) is 0 Å². The Kier molecular flexibility index (Phi) is 4.80. The Hall–Kier alpha value is -2.08. The van der Waals surface area contributed by atoms with Gasteiger partial charge in [-0.3, -0.25) is 9.36 Å². The van der Waals surface area contributed by atoms with Gasteiger partial charge in [-0.25, -0.2) is 4.79 Å². The molecule has 0 bridgehead atoms. The average Bonchev–Trinajstić information content (AvgIpc) is 2.77. The van der Waals surface area contributed by atoms with Crippen LogP contribution in [0.3, 0.4) is 0 Å². The Morgan fingerprint density at radius 1 is 1.38 bits per heavy atom. The molecule has 114 valence electrons. The Morgan fingerprint density at radius 2 is 2.14 bits per heavy atom. The highest BCUT2D eigenvalue weighted by atomic mass is 16.4. The summed E-state index contributed by atoms with van der Waals surface area (Å²) in [4.78, 5) is 22.3. The summed E-state index contributed by atoms with van der Waals surface area (Å²) in [5.41, 5.74) is 13.5. The standard InChI is InChI=1S/C15H21N3O3/c1-2-18-12-8-7-10(9-13(12)21-15(18)20)11(16)5-3-4-6-14(17)19/h7-9,11H,2-6,16H2,1H3,(H2,17,19). The molecule has 1 aromatic heterocycles. The Morgan fingerprint density at radius 3 is 2.81 bits per heavy atom. The molecule has 0 fully saturated rings. The second-order valence-electron chi connectivity index (χ2n) is 5.16. The van der Waals surface area contributed by atoms with E-state index in [0.717, 1.165) is 30.3 Å². The van der Waals surface area contributed by atoms with Crippen LogP contribution in [0.2, 0.25) is 0 Å². The van der Waals surface area contributed by atoms with Crippen LogP contribution in [-0.2, 0) is 11.3 Å². The fourth-order valence-electron chi connectivity index (χ4n) is 2.44. The van der Waals surface area contributed by atoms with Crippen LogP contribution in [-0.4, -0.2) is 10.5 Å². The van der Waals surface area contributed by atoms with Crippen molar-refractivity contribution in [2.24, 2.45) is 11.5 Å². The number of rotatable bonds is 7. The number of primary amides is 1. The molecule has 1 unspecified atom stereocenters. The summed E-state index contributed by atoms with van der Waals surface area (Å²) in [6.07, 6.45) is 2.73. The molecule has 1 atom stereocenters. The summed E-state index contributed by atoms with van der Waals surface area (Å²) in [5.74, 6) is -0.632. The van der Waals surface area contributed by atoms with Crippen molar-refractivity contribution in [2.75, 3.05) is 0 Å². The Balaban J connectivity index is 2.08. The van der Waals surface area contributed by atoms with Crippen molar-refractivity contribution in [1.82, 2.24) is 4.57 Å². The minimum atomic E-state index is -0.348. The number of amides is 1. The first-order chi connectivity index (χ1) is 10.0. The number of oxazole rings is 1. The van der Waals surface area contributed by atoms with Crippen molar-refractivity contribution < 1.29 is 9.21 Å². The van der Waals surface area contributed by atoms with Gasteiger partial charge >= 0.3 is 5.76 Å². The van der Waals surface area contributed by atoms with E-state index in [-0.39, 0.29) is 17.7 Å². The van der Waals surface area contributed by atoms with E-state index >= 15 is 0 Å². The van der Waals surface area contributed by atoms with Gasteiger partial charge in [0.1, 0.15) is 0 Å². The molecule has 6 heteroatoms. The number of nitrogens with zero attached hydrogens (tertiary/aromatic N) is 1. The van der Waals surface area contributed by atoms with E-state index in [2.05, 4.69) is 0 Å². The van der Waals surface area contributed by atoms with Gasteiger partial charge < -0.3 is 15.9 Å². The van der Waals surface area contributed by atoms with Crippen LogP contribution in [0.5, 0.6) is 0 Å². The lowest BCUT2D eigenvalue weighted by Gasteiger charge is -2.11. The maximum atomic E-state index is 11.6. The van der Waals surface area contributed by atoms with Gasteiger partial charge in [0, 0.05) is 19.0 Å². The van der Waals surface area contributed by atoms with E-state index in [4.69, 9.17) is 15.9 Å². The van der Waals surface area contributed by atoms with Gasteiger partial charge in [0.2, 0.25) is 5.91 Å².